The molecule has 158 valence electrons. The maximum Gasteiger partial charge on any atom is 0.197 e. The van der Waals surface area contributed by atoms with E-state index in [0.29, 0.717) is 12.3 Å². The average Bonchev–Trinajstić information content (AvgIpc) is 2.75. The van der Waals surface area contributed by atoms with Crippen molar-refractivity contribution in [2.45, 2.75) is 77.0 Å². The zero-order valence-corrected chi connectivity index (χ0v) is 17.1. The smallest absolute Gasteiger partial charge is 0.197 e. The Morgan fingerprint density at radius 2 is 1.48 bits per heavy atom. The SMILES string of the molecule is CCCCCC1CCC(c2ccc(CCc3cc(F)c(F)c(F)c3F)cc2)CC1. The molecular weight excluding hydrogens is 376 g/mol. The predicted octanol–water partition coefficient (Wildman–Crippen LogP) is 7.88. The number of halogens is 4. The van der Waals surface area contributed by atoms with E-state index in [2.05, 4.69) is 19.1 Å². The molecule has 3 rings (SSSR count). The molecule has 0 saturated heterocycles. The summed E-state index contributed by atoms with van der Waals surface area (Å²) < 4.78 is 53.6. The second kappa shape index (κ2) is 10.3. The fraction of sp³-hybridized carbons (Fsp3) is 0.520. The molecular formula is C25H30F4. The van der Waals surface area contributed by atoms with Gasteiger partial charge in [0, 0.05) is 0 Å². The van der Waals surface area contributed by atoms with Gasteiger partial charge in [-0.05, 0) is 73.1 Å². The second-order valence-electron chi connectivity index (χ2n) is 8.41. The van der Waals surface area contributed by atoms with Crippen LogP contribution in [-0.4, -0.2) is 0 Å². The van der Waals surface area contributed by atoms with Gasteiger partial charge in [0.15, 0.2) is 23.3 Å². The molecule has 0 amide bonds. The summed E-state index contributed by atoms with van der Waals surface area (Å²) >= 11 is 0. The van der Waals surface area contributed by atoms with E-state index in [1.807, 2.05) is 12.1 Å². The Hall–Kier alpha value is -1.84. The van der Waals surface area contributed by atoms with Crippen LogP contribution in [0, 0.1) is 29.2 Å². The molecule has 0 aromatic heterocycles. The molecule has 0 heterocycles. The van der Waals surface area contributed by atoms with E-state index in [1.165, 1.54) is 56.9 Å². The van der Waals surface area contributed by atoms with E-state index in [4.69, 9.17) is 0 Å². The molecule has 2 aromatic rings. The van der Waals surface area contributed by atoms with Crippen LogP contribution in [0.5, 0.6) is 0 Å². The fourth-order valence-electron chi connectivity index (χ4n) is 4.51. The minimum atomic E-state index is -1.75. The lowest BCUT2D eigenvalue weighted by atomic mass is 9.77. The lowest BCUT2D eigenvalue weighted by Crippen LogP contribution is -2.13. The van der Waals surface area contributed by atoms with Gasteiger partial charge in [0.25, 0.3) is 0 Å². The summed E-state index contributed by atoms with van der Waals surface area (Å²) in [5, 5.41) is 0. The van der Waals surface area contributed by atoms with Crippen molar-refractivity contribution in [2.75, 3.05) is 0 Å². The van der Waals surface area contributed by atoms with Crippen LogP contribution >= 0.6 is 0 Å². The topological polar surface area (TPSA) is 0 Å². The van der Waals surface area contributed by atoms with Gasteiger partial charge in [-0.1, -0.05) is 56.9 Å². The lowest BCUT2D eigenvalue weighted by molar-refractivity contribution is 0.303. The molecule has 0 bridgehead atoms. The fourth-order valence-corrected chi connectivity index (χ4v) is 4.51. The van der Waals surface area contributed by atoms with Crippen molar-refractivity contribution in [3.63, 3.8) is 0 Å². The number of hydrogen-bond donors (Lipinski definition) is 0. The molecule has 1 fully saturated rings. The van der Waals surface area contributed by atoms with Gasteiger partial charge in [-0.3, -0.25) is 0 Å². The first-order chi connectivity index (χ1) is 14.0. The minimum absolute atomic E-state index is 0.127. The van der Waals surface area contributed by atoms with Gasteiger partial charge in [-0.15, -0.1) is 0 Å². The van der Waals surface area contributed by atoms with E-state index >= 15 is 0 Å². The molecule has 0 aliphatic heterocycles. The molecule has 0 radical (unpaired) electrons. The number of unbranched alkanes of at least 4 members (excludes halogenated alkanes) is 2. The third-order valence-electron chi connectivity index (χ3n) is 6.37. The van der Waals surface area contributed by atoms with E-state index in [-0.39, 0.29) is 12.0 Å². The van der Waals surface area contributed by atoms with Crippen molar-refractivity contribution in [1.29, 1.82) is 0 Å². The zero-order valence-electron chi connectivity index (χ0n) is 17.1. The van der Waals surface area contributed by atoms with Crippen molar-refractivity contribution in [3.8, 4) is 0 Å². The first-order valence-electron chi connectivity index (χ1n) is 10.9. The summed E-state index contributed by atoms with van der Waals surface area (Å²) in [6, 6.07) is 9.02. The van der Waals surface area contributed by atoms with E-state index in [1.54, 1.807) is 0 Å². The molecule has 1 aliphatic rings. The standard InChI is InChI=1S/C25H30F4/c1-2-3-4-5-17-6-11-19(12-7-17)20-13-8-18(9-14-20)10-15-21-16-22(26)24(28)25(29)23(21)27/h8-9,13-14,16-17,19H,2-7,10-12,15H2,1H3. The van der Waals surface area contributed by atoms with Crippen molar-refractivity contribution < 1.29 is 17.6 Å². The highest BCUT2D eigenvalue weighted by molar-refractivity contribution is 5.28. The zero-order chi connectivity index (χ0) is 20.8. The van der Waals surface area contributed by atoms with Crippen LogP contribution in [0.25, 0.3) is 0 Å². The molecule has 1 saturated carbocycles. The molecule has 1 aliphatic carbocycles. The van der Waals surface area contributed by atoms with Crippen molar-refractivity contribution in [1.82, 2.24) is 0 Å². The van der Waals surface area contributed by atoms with E-state index in [0.717, 1.165) is 17.5 Å². The van der Waals surface area contributed by atoms with Crippen molar-refractivity contribution >= 4 is 0 Å². The Kier molecular flexibility index (Phi) is 7.74. The van der Waals surface area contributed by atoms with Crippen molar-refractivity contribution in [3.05, 3.63) is 70.3 Å². The molecule has 0 atom stereocenters. The summed E-state index contributed by atoms with van der Waals surface area (Å²) in [6.45, 7) is 2.24. The highest BCUT2D eigenvalue weighted by Crippen LogP contribution is 2.37. The third kappa shape index (κ3) is 5.61. The predicted molar refractivity (Wildman–Crippen MR) is 109 cm³/mol. The Balaban J connectivity index is 1.52. The van der Waals surface area contributed by atoms with Crippen molar-refractivity contribution in [2.24, 2.45) is 5.92 Å². The highest BCUT2D eigenvalue weighted by Gasteiger charge is 2.22. The largest absolute Gasteiger partial charge is 0.204 e. The van der Waals surface area contributed by atoms with Gasteiger partial charge in [0.1, 0.15) is 0 Å². The normalized spacial score (nSPS) is 19.5. The van der Waals surface area contributed by atoms with Crippen LogP contribution in [0.3, 0.4) is 0 Å². The Morgan fingerprint density at radius 3 is 2.14 bits per heavy atom. The van der Waals surface area contributed by atoms with Crippen LogP contribution in [-0.2, 0) is 12.8 Å². The van der Waals surface area contributed by atoms with Gasteiger partial charge in [-0.25, -0.2) is 17.6 Å². The summed E-state index contributed by atoms with van der Waals surface area (Å²) in [5.74, 6) is -4.65. The number of rotatable bonds is 8. The number of aryl methyl sites for hydroxylation is 2. The summed E-state index contributed by atoms with van der Waals surface area (Å²) in [7, 11) is 0. The van der Waals surface area contributed by atoms with Gasteiger partial charge in [-0.2, -0.15) is 0 Å². The minimum Gasteiger partial charge on any atom is -0.204 e. The van der Waals surface area contributed by atoms with E-state index < -0.39 is 23.3 Å². The van der Waals surface area contributed by atoms with Crippen LogP contribution in [0.15, 0.2) is 30.3 Å². The molecule has 0 spiro atoms. The molecule has 4 heteroatoms. The number of hydrogen-bond acceptors (Lipinski definition) is 0. The first-order valence-corrected chi connectivity index (χ1v) is 10.9. The van der Waals surface area contributed by atoms with E-state index in [9.17, 15) is 17.6 Å². The van der Waals surface area contributed by atoms with Gasteiger partial charge >= 0.3 is 0 Å². The maximum absolute atomic E-state index is 13.8. The average molecular weight is 407 g/mol. The summed E-state index contributed by atoms with van der Waals surface area (Å²) in [5.41, 5.74) is 2.18. The van der Waals surface area contributed by atoms with Crippen LogP contribution in [0.4, 0.5) is 17.6 Å². The monoisotopic (exact) mass is 406 g/mol. The Morgan fingerprint density at radius 1 is 0.793 bits per heavy atom. The van der Waals surface area contributed by atoms with Gasteiger partial charge in [0.05, 0.1) is 0 Å². The van der Waals surface area contributed by atoms with Crippen LogP contribution in [0.1, 0.15) is 80.9 Å². The van der Waals surface area contributed by atoms with Crippen LogP contribution in [0.2, 0.25) is 0 Å². The summed E-state index contributed by atoms with van der Waals surface area (Å²) in [6.07, 6.45) is 11.0. The molecule has 0 unspecified atom stereocenters. The quantitative estimate of drug-likeness (QED) is 0.181. The highest BCUT2D eigenvalue weighted by atomic mass is 19.2. The van der Waals surface area contributed by atoms with Gasteiger partial charge < -0.3 is 0 Å². The molecule has 0 nitrogen and oxygen atoms in total. The summed E-state index contributed by atoms with van der Waals surface area (Å²) in [4.78, 5) is 0. The molecule has 2 aromatic carbocycles. The molecule has 0 N–H and O–H groups in total. The molecule has 29 heavy (non-hydrogen) atoms. The second-order valence-corrected chi connectivity index (χ2v) is 8.41. The Labute approximate surface area is 171 Å². The number of benzene rings is 2. The van der Waals surface area contributed by atoms with Crippen LogP contribution < -0.4 is 0 Å². The lowest BCUT2D eigenvalue weighted by Gasteiger charge is -2.29. The van der Waals surface area contributed by atoms with Gasteiger partial charge in [0.2, 0.25) is 0 Å². The third-order valence-corrected chi connectivity index (χ3v) is 6.37. The Bertz CT molecular complexity index is 789. The first kappa shape index (κ1) is 21.9. The maximum atomic E-state index is 13.8.